The van der Waals surface area contributed by atoms with Gasteiger partial charge in [-0.3, -0.25) is 10.0 Å². The zero-order valence-corrected chi connectivity index (χ0v) is 16.1. The van der Waals surface area contributed by atoms with E-state index in [1.54, 1.807) is 31.4 Å². The number of thiophene rings is 1. The van der Waals surface area contributed by atoms with E-state index in [1.165, 1.54) is 23.5 Å². The monoisotopic (exact) mass is 396 g/mol. The zero-order chi connectivity index (χ0) is 18.9. The Kier molecular flexibility index (Phi) is 5.33. The Bertz CT molecular complexity index is 888. The number of sulfonamides is 1. The van der Waals surface area contributed by atoms with Crippen molar-refractivity contribution in [3.05, 3.63) is 42.0 Å². The van der Waals surface area contributed by atoms with Gasteiger partial charge >= 0.3 is 0 Å². The molecule has 1 saturated carbocycles. The minimum atomic E-state index is -3.72. The molecule has 0 unspecified atom stereocenters. The number of anilines is 1. The number of carbonyl (C=O) groups excluding carboxylic acids is 1. The topological polar surface area (TPSA) is 87.2 Å². The van der Waals surface area contributed by atoms with E-state index in [0.29, 0.717) is 10.8 Å². The summed E-state index contributed by atoms with van der Waals surface area (Å²) in [6, 6.07) is 9.99. The number of benzene rings is 1. The van der Waals surface area contributed by atoms with Gasteiger partial charge in [0, 0.05) is 19.5 Å². The van der Waals surface area contributed by atoms with Gasteiger partial charge in [0.2, 0.25) is 0 Å². The predicted octanol–water partition coefficient (Wildman–Crippen LogP) is 2.71. The van der Waals surface area contributed by atoms with Crippen LogP contribution in [0, 0.1) is 5.92 Å². The fourth-order valence-corrected chi connectivity index (χ4v) is 4.98. The van der Waals surface area contributed by atoms with Gasteiger partial charge in [0.1, 0.15) is 15.0 Å². The lowest BCUT2D eigenvalue weighted by molar-refractivity contribution is -0.124. The summed E-state index contributed by atoms with van der Waals surface area (Å²) in [7, 11) is -0.665. The first kappa shape index (κ1) is 18.8. The summed E-state index contributed by atoms with van der Waals surface area (Å²) in [5.41, 5.74) is 0.821. The third kappa shape index (κ3) is 3.90. The minimum absolute atomic E-state index is 0.0751. The molecule has 1 aliphatic carbocycles. The van der Waals surface area contributed by atoms with Gasteiger partial charge in [0.25, 0.3) is 15.9 Å². The Morgan fingerprint density at radius 1 is 1.23 bits per heavy atom. The van der Waals surface area contributed by atoms with Crippen LogP contribution in [0.4, 0.5) is 5.00 Å². The summed E-state index contributed by atoms with van der Waals surface area (Å²) in [6.45, 7) is 0.198. The first-order chi connectivity index (χ1) is 12.3. The number of ether oxygens (including phenoxy) is 1. The molecular weight excluding hydrogens is 376 g/mol. The van der Waals surface area contributed by atoms with Crippen LogP contribution in [0.3, 0.4) is 0 Å². The number of rotatable bonds is 7. The molecule has 0 atom stereocenters. The lowest BCUT2D eigenvalue weighted by Gasteiger charge is -2.16. The number of methoxy groups -OCH3 is 1. The molecule has 3 rings (SSSR count). The number of carbonyl (C=O) groups is 1. The molecule has 1 aromatic carbocycles. The Morgan fingerprint density at radius 2 is 1.88 bits per heavy atom. The van der Waals surface area contributed by atoms with Crippen molar-refractivity contribution in [3.63, 3.8) is 0 Å². The molecule has 0 radical (unpaired) electrons. The smallest absolute Gasteiger partial charge is 0.254 e. The van der Waals surface area contributed by atoms with Crippen molar-refractivity contribution in [3.8, 4) is 5.75 Å². The zero-order valence-electron chi connectivity index (χ0n) is 14.5. The van der Waals surface area contributed by atoms with Crippen LogP contribution in [0.1, 0.15) is 18.4 Å². The Labute approximate surface area is 156 Å². The molecule has 26 heavy (non-hydrogen) atoms. The lowest BCUT2D eigenvalue weighted by Crippen LogP contribution is -2.27. The SMILES string of the molecule is COc1ccc(CN(C)S(=O)(=O)c2ccc(N(O)C(=O)C3CC3)s2)cc1. The highest BCUT2D eigenvalue weighted by Crippen LogP contribution is 2.35. The first-order valence-corrected chi connectivity index (χ1v) is 10.3. The van der Waals surface area contributed by atoms with Crippen LogP contribution in [-0.4, -0.2) is 38.0 Å². The molecule has 1 N–H and O–H groups in total. The standard InChI is InChI=1S/C17H20N2O5S2/c1-18(11-12-3-7-14(24-2)8-4-12)26(22,23)16-10-9-15(25-16)19(21)17(20)13-5-6-13/h3-4,7-10,13,21H,5-6,11H2,1-2H3. The van der Waals surface area contributed by atoms with Gasteiger partial charge in [-0.05, 0) is 42.7 Å². The van der Waals surface area contributed by atoms with Crippen LogP contribution in [0.2, 0.25) is 0 Å². The van der Waals surface area contributed by atoms with E-state index < -0.39 is 10.0 Å². The normalized spacial score (nSPS) is 14.5. The second-order valence-corrected chi connectivity index (χ2v) is 9.46. The molecule has 140 valence electrons. The second kappa shape index (κ2) is 7.36. The summed E-state index contributed by atoms with van der Waals surface area (Å²) >= 11 is 0.872. The van der Waals surface area contributed by atoms with E-state index in [-0.39, 0.29) is 27.6 Å². The summed E-state index contributed by atoms with van der Waals surface area (Å²) in [4.78, 5) is 11.9. The van der Waals surface area contributed by atoms with Crippen molar-refractivity contribution in [1.29, 1.82) is 0 Å². The molecule has 1 aromatic heterocycles. The number of hydrogen-bond acceptors (Lipinski definition) is 6. The Hall–Kier alpha value is -1.94. The van der Waals surface area contributed by atoms with Crippen molar-refractivity contribution in [2.75, 3.05) is 19.2 Å². The summed E-state index contributed by atoms with van der Waals surface area (Å²) in [5, 5.41) is 10.7. The van der Waals surface area contributed by atoms with Gasteiger partial charge in [-0.2, -0.15) is 9.37 Å². The van der Waals surface area contributed by atoms with E-state index in [4.69, 9.17) is 4.74 Å². The highest BCUT2D eigenvalue weighted by Gasteiger charge is 2.35. The molecule has 9 heteroatoms. The highest BCUT2D eigenvalue weighted by molar-refractivity contribution is 7.91. The van der Waals surface area contributed by atoms with E-state index in [0.717, 1.165) is 29.7 Å². The molecule has 0 aliphatic heterocycles. The molecule has 7 nitrogen and oxygen atoms in total. The molecule has 1 aliphatic rings. The second-order valence-electron chi connectivity index (χ2n) is 6.13. The molecule has 0 bridgehead atoms. The average Bonchev–Trinajstić information content (AvgIpc) is 3.36. The summed E-state index contributed by atoms with van der Waals surface area (Å²) in [5.74, 6) is 0.160. The van der Waals surface area contributed by atoms with Gasteiger partial charge in [-0.15, -0.1) is 11.3 Å². The van der Waals surface area contributed by atoms with Crippen LogP contribution in [0.25, 0.3) is 0 Å². The third-order valence-electron chi connectivity index (χ3n) is 4.14. The van der Waals surface area contributed by atoms with Crippen molar-refractivity contribution in [1.82, 2.24) is 4.31 Å². The van der Waals surface area contributed by atoms with Crippen LogP contribution >= 0.6 is 11.3 Å². The maximum Gasteiger partial charge on any atom is 0.254 e. The van der Waals surface area contributed by atoms with Gasteiger partial charge < -0.3 is 4.74 Å². The summed E-state index contributed by atoms with van der Waals surface area (Å²) < 4.78 is 31.9. The highest BCUT2D eigenvalue weighted by atomic mass is 32.2. The molecule has 0 spiro atoms. The average molecular weight is 396 g/mol. The summed E-state index contributed by atoms with van der Waals surface area (Å²) in [6.07, 6.45) is 1.52. The molecular formula is C17H20N2O5S2. The van der Waals surface area contributed by atoms with Crippen molar-refractivity contribution in [2.24, 2.45) is 5.92 Å². The predicted molar refractivity (Wildman–Crippen MR) is 98.0 cm³/mol. The van der Waals surface area contributed by atoms with E-state index >= 15 is 0 Å². The molecule has 1 amide bonds. The van der Waals surface area contributed by atoms with E-state index in [1.807, 2.05) is 0 Å². The number of hydroxylamine groups is 1. The number of amides is 1. The molecule has 1 fully saturated rings. The van der Waals surface area contributed by atoms with Crippen molar-refractivity contribution < 1.29 is 23.2 Å². The fraction of sp³-hybridized carbons (Fsp3) is 0.353. The van der Waals surface area contributed by atoms with Crippen LogP contribution in [-0.2, 0) is 21.4 Å². The van der Waals surface area contributed by atoms with E-state index in [9.17, 15) is 18.4 Å². The van der Waals surface area contributed by atoms with E-state index in [2.05, 4.69) is 0 Å². The van der Waals surface area contributed by atoms with Crippen molar-refractivity contribution >= 4 is 32.3 Å². The minimum Gasteiger partial charge on any atom is -0.497 e. The Balaban J connectivity index is 1.73. The lowest BCUT2D eigenvalue weighted by atomic mass is 10.2. The first-order valence-electron chi connectivity index (χ1n) is 8.05. The van der Waals surface area contributed by atoms with Gasteiger partial charge in [0.15, 0.2) is 0 Å². The van der Waals surface area contributed by atoms with Gasteiger partial charge in [-0.1, -0.05) is 12.1 Å². The number of hydrogen-bond donors (Lipinski definition) is 1. The van der Waals surface area contributed by atoms with Crippen LogP contribution < -0.4 is 9.80 Å². The molecule has 2 aromatic rings. The maximum atomic E-state index is 12.7. The molecule has 0 saturated heterocycles. The van der Waals surface area contributed by atoms with Gasteiger partial charge in [-0.25, -0.2) is 8.42 Å². The maximum absolute atomic E-state index is 12.7. The molecule has 1 heterocycles. The van der Waals surface area contributed by atoms with Crippen LogP contribution in [0.5, 0.6) is 5.75 Å². The largest absolute Gasteiger partial charge is 0.497 e. The van der Waals surface area contributed by atoms with Crippen LogP contribution in [0.15, 0.2) is 40.6 Å². The van der Waals surface area contributed by atoms with Crippen molar-refractivity contribution in [2.45, 2.75) is 23.6 Å². The number of nitrogens with zero attached hydrogens (tertiary/aromatic N) is 2. The quantitative estimate of drug-likeness (QED) is 0.574. The Morgan fingerprint density at radius 3 is 2.46 bits per heavy atom. The fourth-order valence-electron chi connectivity index (χ4n) is 2.40. The third-order valence-corrected chi connectivity index (χ3v) is 7.47. The van der Waals surface area contributed by atoms with Gasteiger partial charge in [0.05, 0.1) is 7.11 Å².